The molecule has 0 bridgehead atoms. The highest BCUT2D eigenvalue weighted by Crippen LogP contribution is 2.38. The van der Waals surface area contributed by atoms with Gasteiger partial charge in [0, 0.05) is 59.8 Å². The fourth-order valence-electron chi connectivity index (χ4n) is 5.36. The van der Waals surface area contributed by atoms with Crippen LogP contribution >= 0.6 is 0 Å². The second kappa shape index (κ2) is 10.6. The van der Waals surface area contributed by atoms with Gasteiger partial charge in [0.05, 0.1) is 23.4 Å². The molecular weight excluding hydrogens is 528 g/mol. The normalized spacial score (nSPS) is 13.1. The molecule has 42 heavy (non-hydrogen) atoms. The summed E-state index contributed by atoms with van der Waals surface area (Å²) in [4.78, 5) is 40.5. The molecule has 0 saturated carbocycles. The third kappa shape index (κ3) is 4.70. The lowest BCUT2D eigenvalue weighted by molar-refractivity contribution is -0.117. The van der Waals surface area contributed by atoms with Crippen LogP contribution in [0.3, 0.4) is 0 Å². The maximum Gasteiger partial charge on any atom is 0.259 e. The van der Waals surface area contributed by atoms with Gasteiger partial charge in [-0.15, -0.1) is 0 Å². The van der Waals surface area contributed by atoms with Crippen molar-refractivity contribution in [2.24, 2.45) is 7.05 Å². The predicted octanol–water partition coefficient (Wildman–Crippen LogP) is 5.42. The summed E-state index contributed by atoms with van der Waals surface area (Å²) in [6.45, 7) is 8.60. The van der Waals surface area contributed by atoms with E-state index in [1.165, 1.54) is 0 Å². The van der Waals surface area contributed by atoms with Gasteiger partial charge < -0.3 is 20.5 Å². The Bertz CT molecular complexity index is 1880. The standard InChI is InChI=1S/C32H32N8O2/c1-6-33-30(41)18(2)13-21-9-7-11-23-25(21)17-40(31(23)42)26-12-8-10-22-24(16-34-29(22)26)28-19(3)15-35-32(37-28)36-27-14-20(4)39(5)38-27/h7-16,34H,6,17H2,1-5H3,(H,33,41)(H,35,36,37,38)/b18-13+. The quantitative estimate of drug-likeness (QED) is 0.229. The van der Waals surface area contributed by atoms with Gasteiger partial charge in [0.1, 0.15) is 0 Å². The van der Waals surface area contributed by atoms with E-state index in [9.17, 15) is 9.59 Å². The SMILES string of the molecule is CCNC(=O)/C(C)=C/c1cccc2c1CN(c1cccc3c(-c4nc(Nc5cc(C)n(C)n5)ncc4C)c[nH]c13)C2=O. The first-order valence-electron chi connectivity index (χ1n) is 13.9. The number of aryl methyl sites for hydroxylation is 3. The van der Waals surface area contributed by atoms with Crippen molar-refractivity contribution in [1.29, 1.82) is 0 Å². The van der Waals surface area contributed by atoms with E-state index in [0.717, 1.165) is 50.2 Å². The van der Waals surface area contributed by atoms with Gasteiger partial charge >= 0.3 is 0 Å². The number of likely N-dealkylation sites (N-methyl/N-ethyl adjacent to an activating group) is 1. The van der Waals surface area contributed by atoms with Gasteiger partial charge in [-0.05, 0) is 62.6 Å². The van der Waals surface area contributed by atoms with Crippen molar-refractivity contribution in [2.75, 3.05) is 16.8 Å². The number of aromatic amines is 1. The predicted molar refractivity (Wildman–Crippen MR) is 165 cm³/mol. The molecule has 2 amide bonds. The molecule has 0 aliphatic carbocycles. The number of amides is 2. The van der Waals surface area contributed by atoms with Gasteiger partial charge in [-0.3, -0.25) is 14.3 Å². The molecule has 5 aromatic rings. The molecule has 0 radical (unpaired) electrons. The number of H-pyrrole nitrogens is 1. The van der Waals surface area contributed by atoms with Crippen LogP contribution in [0.4, 0.5) is 17.5 Å². The summed E-state index contributed by atoms with van der Waals surface area (Å²) < 4.78 is 1.79. The number of benzene rings is 2. The monoisotopic (exact) mass is 560 g/mol. The first-order valence-corrected chi connectivity index (χ1v) is 13.9. The maximum absolute atomic E-state index is 13.7. The van der Waals surface area contributed by atoms with Crippen molar-refractivity contribution < 1.29 is 9.59 Å². The summed E-state index contributed by atoms with van der Waals surface area (Å²) >= 11 is 0. The average molecular weight is 561 g/mol. The lowest BCUT2D eigenvalue weighted by Crippen LogP contribution is -2.23. The molecule has 3 N–H and O–H groups in total. The van der Waals surface area contributed by atoms with Gasteiger partial charge in [0.15, 0.2) is 5.82 Å². The van der Waals surface area contributed by atoms with Crippen molar-refractivity contribution in [3.8, 4) is 11.3 Å². The van der Waals surface area contributed by atoms with Crippen LogP contribution < -0.4 is 15.5 Å². The number of para-hydroxylation sites is 1. The minimum Gasteiger partial charge on any atom is -0.359 e. The van der Waals surface area contributed by atoms with Gasteiger partial charge in [-0.25, -0.2) is 9.97 Å². The molecule has 2 aromatic carbocycles. The van der Waals surface area contributed by atoms with Gasteiger partial charge in [0.25, 0.3) is 5.91 Å². The van der Waals surface area contributed by atoms with Crippen LogP contribution in [0.2, 0.25) is 0 Å². The fraction of sp³-hybridized carbons (Fsp3) is 0.219. The van der Waals surface area contributed by atoms with Crippen LogP contribution in [0.5, 0.6) is 0 Å². The zero-order chi connectivity index (χ0) is 29.5. The first kappa shape index (κ1) is 26.9. The van der Waals surface area contributed by atoms with Crippen molar-refractivity contribution in [3.63, 3.8) is 0 Å². The van der Waals surface area contributed by atoms with E-state index in [1.807, 2.05) is 82.6 Å². The van der Waals surface area contributed by atoms with Crippen molar-refractivity contribution >= 4 is 46.2 Å². The average Bonchev–Trinajstić information content (AvgIpc) is 3.65. The molecule has 10 heteroatoms. The number of rotatable bonds is 7. The Labute approximate surface area is 243 Å². The van der Waals surface area contributed by atoms with Crippen LogP contribution in [0, 0.1) is 13.8 Å². The third-order valence-corrected chi connectivity index (χ3v) is 7.64. The number of fused-ring (bicyclic) bond motifs is 2. The van der Waals surface area contributed by atoms with Gasteiger partial charge in [-0.1, -0.05) is 24.3 Å². The Morgan fingerprint density at radius 2 is 1.95 bits per heavy atom. The molecule has 1 aliphatic rings. The summed E-state index contributed by atoms with van der Waals surface area (Å²) in [7, 11) is 1.89. The largest absolute Gasteiger partial charge is 0.359 e. The van der Waals surface area contributed by atoms with Crippen molar-refractivity contribution in [1.82, 2.24) is 30.0 Å². The van der Waals surface area contributed by atoms with E-state index >= 15 is 0 Å². The van der Waals surface area contributed by atoms with Crippen LogP contribution in [0.25, 0.3) is 28.2 Å². The smallest absolute Gasteiger partial charge is 0.259 e. The Hall–Kier alpha value is -5.25. The zero-order valence-electron chi connectivity index (χ0n) is 24.2. The number of nitrogens with one attached hydrogen (secondary N) is 3. The summed E-state index contributed by atoms with van der Waals surface area (Å²) in [6.07, 6.45) is 5.57. The highest BCUT2D eigenvalue weighted by molar-refractivity contribution is 6.15. The van der Waals surface area contributed by atoms with Crippen LogP contribution in [-0.4, -0.2) is 43.1 Å². The number of carbonyl (C=O) groups is 2. The highest BCUT2D eigenvalue weighted by Gasteiger charge is 2.31. The molecular formula is C32H32N8O2. The fourth-order valence-corrected chi connectivity index (χ4v) is 5.36. The van der Waals surface area contributed by atoms with Crippen molar-refractivity contribution in [2.45, 2.75) is 34.2 Å². The Morgan fingerprint density at radius 1 is 1.14 bits per heavy atom. The van der Waals surface area contributed by atoms with E-state index in [4.69, 9.17) is 4.98 Å². The van der Waals surface area contributed by atoms with Crippen LogP contribution in [0.15, 0.2) is 60.4 Å². The number of anilines is 3. The lowest BCUT2D eigenvalue weighted by Gasteiger charge is -2.17. The molecule has 0 fully saturated rings. The Balaban J connectivity index is 1.35. The summed E-state index contributed by atoms with van der Waals surface area (Å²) in [6, 6.07) is 13.5. The summed E-state index contributed by atoms with van der Waals surface area (Å²) in [5.74, 6) is 0.935. The van der Waals surface area contributed by atoms with E-state index in [-0.39, 0.29) is 11.8 Å². The summed E-state index contributed by atoms with van der Waals surface area (Å²) in [5.41, 5.74) is 8.28. The molecule has 6 rings (SSSR count). The number of hydrogen-bond donors (Lipinski definition) is 3. The Morgan fingerprint density at radius 3 is 2.71 bits per heavy atom. The van der Waals surface area contributed by atoms with Crippen LogP contribution in [0.1, 0.15) is 46.6 Å². The molecule has 0 unspecified atom stereocenters. The molecule has 10 nitrogen and oxygen atoms in total. The van der Waals surface area contributed by atoms with E-state index in [2.05, 4.69) is 25.7 Å². The molecule has 3 aromatic heterocycles. The maximum atomic E-state index is 13.7. The highest BCUT2D eigenvalue weighted by atomic mass is 16.2. The number of aromatic nitrogens is 5. The molecule has 0 atom stereocenters. The lowest BCUT2D eigenvalue weighted by atomic mass is 10.0. The van der Waals surface area contributed by atoms with Crippen LogP contribution in [-0.2, 0) is 18.4 Å². The first-order chi connectivity index (χ1) is 20.2. The zero-order valence-corrected chi connectivity index (χ0v) is 24.2. The minimum atomic E-state index is -0.117. The van der Waals surface area contributed by atoms with Crippen molar-refractivity contribution in [3.05, 3.63) is 88.4 Å². The molecule has 0 saturated heterocycles. The second-order valence-electron chi connectivity index (χ2n) is 10.5. The Kier molecular flexibility index (Phi) is 6.82. The third-order valence-electron chi connectivity index (χ3n) is 7.64. The number of carbonyl (C=O) groups excluding carboxylic acids is 2. The van der Waals surface area contributed by atoms with E-state index in [1.54, 1.807) is 22.7 Å². The summed E-state index contributed by atoms with van der Waals surface area (Å²) in [5, 5.41) is 11.4. The van der Waals surface area contributed by atoms with Gasteiger partial charge in [0.2, 0.25) is 11.9 Å². The number of hydrogen-bond acceptors (Lipinski definition) is 6. The van der Waals surface area contributed by atoms with E-state index < -0.39 is 0 Å². The van der Waals surface area contributed by atoms with Gasteiger partial charge in [-0.2, -0.15) is 5.10 Å². The molecule has 4 heterocycles. The molecule has 212 valence electrons. The topological polar surface area (TPSA) is 121 Å². The minimum absolute atomic E-state index is 0.0741. The molecule has 1 aliphatic heterocycles. The number of nitrogens with zero attached hydrogens (tertiary/aromatic N) is 5. The van der Waals surface area contributed by atoms with E-state index in [0.29, 0.717) is 36.0 Å². The second-order valence-corrected chi connectivity index (χ2v) is 10.5. The molecule has 0 spiro atoms.